The number of aryl methyl sites for hydroxylation is 1. The maximum absolute atomic E-state index is 12.7. The van der Waals surface area contributed by atoms with Gasteiger partial charge in [-0.2, -0.15) is 36.9 Å². The zero-order chi connectivity index (χ0) is 11.9. The first-order valence-electron chi connectivity index (χ1n) is 4.72. The normalized spacial score (nSPS) is 11.5. The molecule has 0 unspecified atom stereocenters. The molecule has 0 fully saturated rings. The molecule has 0 bridgehead atoms. The molecule has 1 aromatic carbocycles. The van der Waals surface area contributed by atoms with E-state index >= 15 is 0 Å². The number of benzene rings is 1. The number of halogens is 4. The molecule has 0 aliphatic heterocycles. The molecular formula is C12H14BrF3Mg. The molecule has 0 saturated carbocycles. The Kier molecular flexibility index (Phi) is 7.41. The van der Waals surface area contributed by atoms with Crippen molar-refractivity contribution in [3.05, 3.63) is 34.9 Å². The number of alkyl halides is 3. The Morgan fingerprint density at radius 1 is 1.12 bits per heavy atom. The van der Waals surface area contributed by atoms with Crippen molar-refractivity contribution in [3.63, 3.8) is 0 Å². The summed E-state index contributed by atoms with van der Waals surface area (Å²) >= 11 is 0. The van der Waals surface area contributed by atoms with Crippen molar-refractivity contribution in [1.82, 2.24) is 0 Å². The Hall–Kier alpha value is 0.256. The van der Waals surface area contributed by atoms with Crippen molar-refractivity contribution in [1.29, 1.82) is 0 Å². The molecule has 0 N–H and O–H groups in total. The van der Waals surface area contributed by atoms with Crippen LogP contribution in [0.3, 0.4) is 0 Å². The molecule has 0 atom stereocenters. The van der Waals surface area contributed by atoms with Gasteiger partial charge in [-0.25, -0.2) is 0 Å². The molecule has 0 heterocycles. The van der Waals surface area contributed by atoms with Crippen molar-refractivity contribution >= 4 is 23.1 Å². The minimum Gasteiger partial charge on any atom is -1.00 e. The fourth-order valence-corrected chi connectivity index (χ4v) is 1.43. The van der Waals surface area contributed by atoms with E-state index in [9.17, 15) is 13.2 Å². The first kappa shape index (κ1) is 19.6. The summed E-state index contributed by atoms with van der Waals surface area (Å²) in [7, 11) is 0. The minimum atomic E-state index is -4.32. The van der Waals surface area contributed by atoms with Gasteiger partial charge in [-0.1, -0.05) is 38.7 Å². The van der Waals surface area contributed by atoms with E-state index in [0.29, 0.717) is 5.56 Å². The second kappa shape index (κ2) is 6.43. The molecule has 0 spiro atoms. The van der Waals surface area contributed by atoms with Crippen LogP contribution in [-0.4, -0.2) is 23.1 Å². The quantitative estimate of drug-likeness (QED) is 0.489. The monoisotopic (exact) mass is 318 g/mol. The third kappa shape index (κ3) is 5.18. The van der Waals surface area contributed by atoms with E-state index in [1.165, 1.54) is 6.07 Å². The molecular weight excluding hydrogens is 305 g/mol. The predicted molar refractivity (Wildman–Crippen MR) is 59.5 cm³/mol. The Labute approximate surface area is 127 Å². The van der Waals surface area contributed by atoms with Crippen molar-refractivity contribution in [2.24, 2.45) is 0 Å². The summed E-state index contributed by atoms with van der Waals surface area (Å²) in [5.74, 6) is 0. The molecule has 17 heavy (non-hydrogen) atoms. The molecule has 0 amide bonds. The maximum Gasteiger partial charge on any atom is 2.00 e. The average Bonchev–Trinajstić information content (AvgIpc) is 2.00. The van der Waals surface area contributed by atoms with Crippen LogP contribution >= 0.6 is 0 Å². The standard InChI is InChI=1S/C12H14F3.BrH.Mg/c1-8-5-6-9(12(13,14)15)10(7-8)11(2,3)4;;/h5,7H,1-4H3;1H;/q-1;;+2/p-1. The van der Waals surface area contributed by atoms with Gasteiger partial charge in [-0.3, -0.25) is 0 Å². The molecule has 0 aliphatic carbocycles. The zero-order valence-corrected chi connectivity index (χ0v) is 13.4. The van der Waals surface area contributed by atoms with Crippen molar-refractivity contribution in [3.8, 4) is 0 Å². The van der Waals surface area contributed by atoms with Gasteiger partial charge in [-0.15, -0.1) is 5.56 Å². The summed E-state index contributed by atoms with van der Waals surface area (Å²) in [5, 5.41) is 0. The summed E-state index contributed by atoms with van der Waals surface area (Å²) in [6, 6.07) is 5.28. The van der Waals surface area contributed by atoms with Gasteiger partial charge in [-0.05, 0) is 0 Å². The first-order chi connectivity index (χ1) is 6.62. The fraction of sp³-hybridized carbons (Fsp3) is 0.500. The average molecular weight is 319 g/mol. The summed E-state index contributed by atoms with van der Waals surface area (Å²) in [6.07, 6.45) is -4.32. The third-order valence-corrected chi connectivity index (χ3v) is 2.18. The molecule has 92 valence electrons. The van der Waals surface area contributed by atoms with E-state index in [1.54, 1.807) is 33.8 Å². The van der Waals surface area contributed by atoms with Gasteiger partial charge in [0.25, 0.3) is 0 Å². The van der Waals surface area contributed by atoms with Crippen LogP contribution in [0.15, 0.2) is 12.1 Å². The van der Waals surface area contributed by atoms with Crippen LogP contribution in [0.2, 0.25) is 0 Å². The van der Waals surface area contributed by atoms with Gasteiger partial charge in [0.05, 0.1) is 0 Å². The molecule has 1 aromatic rings. The Bertz CT molecular complexity index is 367. The molecule has 0 saturated heterocycles. The van der Waals surface area contributed by atoms with Gasteiger partial charge in [0.15, 0.2) is 0 Å². The Morgan fingerprint density at radius 3 is 1.94 bits per heavy atom. The van der Waals surface area contributed by atoms with Crippen LogP contribution in [0.5, 0.6) is 0 Å². The molecule has 0 nitrogen and oxygen atoms in total. The van der Waals surface area contributed by atoms with Gasteiger partial charge < -0.3 is 17.0 Å². The number of hydrogen-bond donors (Lipinski definition) is 0. The Balaban J connectivity index is 0. The van der Waals surface area contributed by atoms with Gasteiger partial charge in [0.1, 0.15) is 0 Å². The molecule has 0 radical (unpaired) electrons. The number of rotatable bonds is 0. The van der Waals surface area contributed by atoms with E-state index in [2.05, 4.69) is 6.07 Å². The first-order valence-corrected chi connectivity index (χ1v) is 4.72. The minimum absolute atomic E-state index is 0. The van der Waals surface area contributed by atoms with E-state index in [-0.39, 0.29) is 40.0 Å². The third-order valence-electron chi connectivity index (χ3n) is 2.18. The van der Waals surface area contributed by atoms with Crippen molar-refractivity contribution < 1.29 is 30.2 Å². The largest absolute Gasteiger partial charge is 2.00 e. The van der Waals surface area contributed by atoms with Gasteiger partial charge in [0.2, 0.25) is 0 Å². The topological polar surface area (TPSA) is 0 Å². The molecule has 5 heteroatoms. The van der Waals surface area contributed by atoms with E-state index < -0.39 is 17.2 Å². The van der Waals surface area contributed by atoms with E-state index in [4.69, 9.17) is 0 Å². The Morgan fingerprint density at radius 2 is 1.59 bits per heavy atom. The van der Waals surface area contributed by atoms with Crippen LogP contribution in [-0.2, 0) is 11.6 Å². The summed E-state index contributed by atoms with van der Waals surface area (Å²) in [5.41, 5.74) is -0.0728. The summed E-state index contributed by atoms with van der Waals surface area (Å²) < 4.78 is 38.0. The number of hydrogen-bond acceptors (Lipinski definition) is 0. The zero-order valence-electron chi connectivity index (χ0n) is 10.4. The molecule has 0 aliphatic rings. The molecule has 0 aromatic heterocycles. The van der Waals surface area contributed by atoms with Crippen LogP contribution in [0.4, 0.5) is 13.2 Å². The van der Waals surface area contributed by atoms with Gasteiger partial charge in [0, 0.05) is 0 Å². The summed E-state index contributed by atoms with van der Waals surface area (Å²) in [4.78, 5) is 0. The second-order valence-electron chi connectivity index (χ2n) is 4.71. The van der Waals surface area contributed by atoms with E-state index in [0.717, 1.165) is 5.56 Å². The predicted octanol–water partition coefficient (Wildman–Crippen LogP) is 0.735. The van der Waals surface area contributed by atoms with Crippen LogP contribution in [0.1, 0.15) is 37.5 Å². The van der Waals surface area contributed by atoms with Crippen molar-refractivity contribution in [2.75, 3.05) is 0 Å². The molecule has 1 rings (SSSR count). The van der Waals surface area contributed by atoms with Crippen LogP contribution < -0.4 is 17.0 Å². The second-order valence-corrected chi connectivity index (χ2v) is 4.71. The van der Waals surface area contributed by atoms with Gasteiger partial charge >= 0.3 is 29.2 Å². The van der Waals surface area contributed by atoms with E-state index in [1.807, 2.05) is 0 Å². The van der Waals surface area contributed by atoms with Crippen LogP contribution in [0, 0.1) is 13.0 Å². The van der Waals surface area contributed by atoms with Crippen LogP contribution in [0.25, 0.3) is 0 Å². The maximum atomic E-state index is 12.7. The van der Waals surface area contributed by atoms with Crippen molar-refractivity contribution in [2.45, 2.75) is 39.3 Å². The fourth-order valence-electron chi connectivity index (χ4n) is 1.43. The SMILES string of the molecule is Cc1c[c-]c(C(F)(F)F)c(C(C)(C)C)c1.[Br-].[Mg+2]. The smallest absolute Gasteiger partial charge is 1.00 e. The summed E-state index contributed by atoms with van der Waals surface area (Å²) in [6.45, 7) is 7.08.